The Morgan fingerprint density at radius 2 is 2.07 bits per heavy atom. The van der Waals surface area contributed by atoms with Crippen molar-refractivity contribution >= 4 is 0 Å². The van der Waals surface area contributed by atoms with Crippen LogP contribution in [-0.2, 0) is 13.0 Å². The molecule has 1 rings (SSSR count). The summed E-state index contributed by atoms with van der Waals surface area (Å²) >= 11 is 0. The number of aryl methyl sites for hydroxylation is 1. The molecule has 0 saturated carbocycles. The van der Waals surface area contributed by atoms with Crippen molar-refractivity contribution < 1.29 is 13.2 Å². The first-order valence-electron chi connectivity index (χ1n) is 4.66. The van der Waals surface area contributed by atoms with Crippen molar-refractivity contribution in [3.63, 3.8) is 0 Å². The Hall–Kier alpha value is -1.10. The number of nitrogens with one attached hydrogen (secondary N) is 1. The van der Waals surface area contributed by atoms with E-state index in [-0.39, 0.29) is 6.42 Å². The van der Waals surface area contributed by atoms with Crippen LogP contribution in [0.1, 0.15) is 17.7 Å². The van der Waals surface area contributed by atoms with E-state index in [1.165, 1.54) is 6.20 Å². The minimum absolute atomic E-state index is 0.00364. The molecule has 1 aromatic rings. The van der Waals surface area contributed by atoms with Gasteiger partial charge < -0.3 is 5.32 Å². The summed E-state index contributed by atoms with van der Waals surface area (Å²) in [4.78, 5) is 4.04. The molecule has 0 aliphatic rings. The molecule has 0 atom stereocenters. The summed E-state index contributed by atoms with van der Waals surface area (Å²) in [6, 6.07) is 3.42. The number of pyridine rings is 1. The molecule has 0 bridgehead atoms. The number of nitrogens with zero attached hydrogens (tertiary/aromatic N) is 1. The topological polar surface area (TPSA) is 24.9 Å². The lowest BCUT2D eigenvalue weighted by Crippen LogP contribution is -2.09. The molecule has 0 aliphatic heterocycles. The third kappa shape index (κ3) is 4.78. The van der Waals surface area contributed by atoms with Gasteiger partial charge in [-0.1, -0.05) is 6.07 Å². The molecule has 0 aliphatic carbocycles. The largest absolute Gasteiger partial charge is 0.389 e. The summed E-state index contributed by atoms with van der Waals surface area (Å²) in [7, 11) is 1.79. The van der Waals surface area contributed by atoms with E-state index < -0.39 is 12.6 Å². The first-order chi connectivity index (χ1) is 7.01. The fraction of sp³-hybridized carbons (Fsp3) is 0.500. The average molecular weight is 218 g/mol. The highest BCUT2D eigenvalue weighted by atomic mass is 19.4. The van der Waals surface area contributed by atoms with Gasteiger partial charge in [-0.3, -0.25) is 4.98 Å². The first-order valence-corrected chi connectivity index (χ1v) is 4.66. The van der Waals surface area contributed by atoms with Crippen LogP contribution < -0.4 is 5.32 Å². The van der Waals surface area contributed by atoms with Crippen LogP contribution >= 0.6 is 0 Å². The Balaban J connectivity index is 2.50. The molecular formula is C10H13F3N2. The number of aromatic nitrogens is 1. The zero-order valence-electron chi connectivity index (χ0n) is 8.43. The van der Waals surface area contributed by atoms with Gasteiger partial charge in [0.2, 0.25) is 0 Å². The fourth-order valence-electron chi connectivity index (χ4n) is 1.17. The van der Waals surface area contributed by atoms with E-state index in [0.29, 0.717) is 12.1 Å². The average Bonchev–Trinajstić information content (AvgIpc) is 2.16. The Morgan fingerprint density at radius 1 is 1.33 bits per heavy atom. The molecule has 2 nitrogen and oxygen atoms in total. The van der Waals surface area contributed by atoms with Crippen molar-refractivity contribution in [3.05, 3.63) is 29.6 Å². The molecule has 0 amide bonds. The monoisotopic (exact) mass is 218 g/mol. The van der Waals surface area contributed by atoms with Gasteiger partial charge in [-0.25, -0.2) is 0 Å². The van der Waals surface area contributed by atoms with Crippen LogP contribution in [0, 0.1) is 0 Å². The van der Waals surface area contributed by atoms with Crippen LogP contribution in [0.25, 0.3) is 0 Å². The van der Waals surface area contributed by atoms with Crippen molar-refractivity contribution in [2.45, 2.75) is 25.6 Å². The zero-order chi connectivity index (χ0) is 11.3. The normalized spacial score (nSPS) is 11.7. The van der Waals surface area contributed by atoms with Gasteiger partial charge in [0.1, 0.15) is 0 Å². The molecule has 1 N–H and O–H groups in total. The van der Waals surface area contributed by atoms with Crippen molar-refractivity contribution in [1.82, 2.24) is 10.3 Å². The van der Waals surface area contributed by atoms with E-state index in [9.17, 15) is 13.2 Å². The van der Waals surface area contributed by atoms with Crippen LogP contribution in [0.2, 0.25) is 0 Å². The van der Waals surface area contributed by atoms with E-state index in [1.807, 2.05) is 0 Å². The predicted octanol–water partition coefficient (Wildman–Crippen LogP) is 2.30. The third-order valence-electron chi connectivity index (χ3n) is 1.94. The molecular weight excluding hydrogens is 205 g/mol. The number of rotatable bonds is 4. The molecule has 5 heteroatoms. The smallest absolute Gasteiger partial charge is 0.314 e. The van der Waals surface area contributed by atoms with E-state index >= 15 is 0 Å². The summed E-state index contributed by atoms with van der Waals surface area (Å²) in [5, 5.41) is 2.92. The SMILES string of the molecule is CNCc1ccc(CCC(F)(F)F)cn1. The van der Waals surface area contributed by atoms with E-state index in [1.54, 1.807) is 19.2 Å². The van der Waals surface area contributed by atoms with Crippen LogP contribution in [0.5, 0.6) is 0 Å². The summed E-state index contributed by atoms with van der Waals surface area (Å²) in [6.45, 7) is 0.625. The lowest BCUT2D eigenvalue weighted by Gasteiger charge is -2.06. The molecule has 1 aromatic heterocycles. The minimum Gasteiger partial charge on any atom is -0.314 e. The van der Waals surface area contributed by atoms with E-state index in [4.69, 9.17) is 0 Å². The summed E-state index contributed by atoms with van der Waals surface area (Å²) in [6.07, 6.45) is -3.39. The standard InChI is InChI=1S/C10H13F3N2/c1-14-7-9-3-2-8(6-15-9)4-5-10(11,12)13/h2-3,6,14H,4-5,7H2,1H3. The van der Waals surface area contributed by atoms with Crippen molar-refractivity contribution in [1.29, 1.82) is 0 Å². The quantitative estimate of drug-likeness (QED) is 0.838. The molecule has 1 heterocycles. The van der Waals surface area contributed by atoms with Gasteiger partial charge in [-0.15, -0.1) is 0 Å². The summed E-state index contributed by atoms with van der Waals surface area (Å²) in [5.41, 5.74) is 1.44. The van der Waals surface area contributed by atoms with Crippen LogP contribution in [-0.4, -0.2) is 18.2 Å². The van der Waals surface area contributed by atoms with Gasteiger partial charge in [0.05, 0.1) is 5.69 Å². The number of hydrogen-bond acceptors (Lipinski definition) is 2. The Bertz CT molecular complexity index is 293. The van der Waals surface area contributed by atoms with Gasteiger partial charge in [0, 0.05) is 19.2 Å². The van der Waals surface area contributed by atoms with E-state index in [2.05, 4.69) is 10.3 Å². The molecule has 0 spiro atoms. The first kappa shape index (κ1) is 12.0. The molecule has 0 unspecified atom stereocenters. The van der Waals surface area contributed by atoms with Crippen molar-refractivity contribution in [2.75, 3.05) is 7.05 Å². The van der Waals surface area contributed by atoms with Gasteiger partial charge in [0.25, 0.3) is 0 Å². The summed E-state index contributed by atoms with van der Waals surface area (Å²) < 4.78 is 35.7. The van der Waals surface area contributed by atoms with Gasteiger partial charge in [-0.2, -0.15) is 13.2 Å². The second kappa shape index (κ2) is 5.11. The van der Waals surface area contributed by atoms with Gasteiger partial charge in [-0.05, 0) is 25.1 Å². The molecule has 0 saturated heterocycles. The van der Waals surface area contributed by atoms with Crippen LogP contribution in [0.15, 0.2) is 18.3 Å². The maximum absolute atomic E-state index is 11.9. The minimum atomic E-state index is -4.09. The third-order valence-corrected chi connectivity index (χ3v) is 1.94. The lowest BCUT2D eigenvalue weighted by atomic mass is 10.1. The van der Waals surface area contributed by atoms with Crippen LogP contribution in [0.4, 0.5) is 13.2 Å². The number of halogens is 3. The molecule has 0 fully saturated rings. The van der Waals surface area contributed by atoms with Crippen molar-refractivity contribution in [3.8, 4) is 0 Å². The zero-order valence-corrected chi connectivity index (χ0v) is 8.43. The molecule has 84 valence electrons. The molecule has 15 heavy (non-hydrogen) atoms. The van der Waals surface area contributed by atoms with E-state index in [0.717, 1.165) is 5.69 Å². The van der Waals surface area contributed by atoms with Crippen molar-refractivity contribution in [2.24, 2.45) is 0 Å². The Labute approximate surface area is 86.5 Å². The lowest BCUT2D eigenvalue weighted by molar-refractivity contribution is -0.134. The highest BCUT2D eigenvalue weighted by Crippen LogP contribution is 2.21. The Morgan fingerprint density at radius 3 is 2.53 bits per heavy atom. The van der Waals surface area contributed by atoms with Crippen LogP contribution in [0.3, 0.4) is 0 Å². The second-order valence-corrected chi connectivity index (χ2v) is 3.30. The molecule has 0 radical (unpaired) electrons. The molecule has 0 aromatic carbocycles. The maximum atomic E-state index is 11.9. The second-order valence-electron chi connectivity index (χ2n) is 3.30. The predicted molar refractivity (Wildman–Crippen MR) is 51.4 cm³/mol. The number of hydrogen-bond donors (Lipinski definition) is 1. The Kier molecular flexibility index (Phi) is 4.08. The van der Waals surface area contributed by atoms with Gasteiger partial charge >= 0.3 is 6.18 Å². The summed E-state index contributed by atoms with van der Waals surface area (Å²) in [5.74, 6) is 0. The highest BCUT2D eigenvalue weighted by Gasteiger charge is 2.26. The number of alkyl halides is 3. The maximum Gasteiger partial charge on any atom is 0.389 e. The fourth-order valence-corrected chi connectivity index (χ4v) is 1.17. The highest BCUT2D eigenvalue weighted by molar-refractivity contribution is 5.14. The van der Waals surface area contributed by atoms with Gasteiger partial charge in [0.15, 0.2) is 0 Å².